The molecule has 0 aromatic rings. The Morgan fingerprint density at radius 3 is 2.54 bits per heavy atom. The van der Waals surface area contributed by atoms with E-state index in [-0.39, 0.29) is 6.04 Å². The highest BCUT2D eigenvalue weighted by Gasteiger charge is 2.18. The zero-order chi connectivity index (χ0) is 9.52. The highest BCUT2D eigenvalue weighted by molar-refractivity contribution is 4.73. The van der Waals surface area contributed by atoms with Crippen molar-refractivity contribution in [3.63, 3.8) is 0 Å². The lowest BCUT2D eigenvalue weighted by atomic mass is 9.84. The van der Waals surface area contributed by atoms with Crippen LogP contribution < -0.4 is 0 Å². The van der Waals surface area contributed by atoms with Crippen molar-refractivity contribution in [3.05, 3.63) is 4.91 Å². The molecule has 1 rings (SSSR count). The van der Waals surface area contributed by atoms with Crippen LogP contribution in [-0.4, -0.2) is 6.04 Å². The van der Waals surface area contributed by atoms with E-state index in [2.05, 4.69) is 12.1 Å². The second-order valence-electron chi connectivity index (χ2n) is 4.29. The molecule has 0 saturated heterocycles. The minimum absolute atomic E-state index is 0.105. The Morgan fingerprint density at radius 1 is 1.31 bits per heavy atom. The third-order valence-corrected chi connectivity index (χ3v) is 3.10. The minimum atomic E-state index is 0.105. The number of nitroso groups, excluding NO2 is 1. The van der Waals surface area contributed by atoms with Crippen molar-refractivity contribution in [1.82, 2.24) is 0 Å². The summed E-state index contributed by atoms with van der Waals surface area (Å²) in [6, 6.07) is 0.105. The molecule has 2 heteroatoms. The van der Waals surface area contributed by atoms with Gasteiger partial charge in [0.15, 0.2) is 0 Å². The van der Waals surface area contributed by atoms with Crippen molar-refractivity contribution in [3.8, 4) is 0 Å². The van der Waals surface area contributed by atoms with E-state index in [1.165, 1.54) is 32.1 Å². The van der Waals surface area contributed by atoms with Gasteiger partial charge in [-0.2, -0.15) is 4.91 Å². The van der Waals surface area contributed by atoms with Crippen LogP contribution in [0.5, 0.6) is 0 Å². The minimum Gasteiger partial charge on any atom is -0.151 e. The van der Waals surface area contributed by atoms with E-state index in [4.69, 9.17) is 0 Å². The first-order valence-corrected chi connectivity index (χ1v) is 5.69. The van der Waals surface area contributed by atoms with Gasteiger partial charge < -0.3 is 0 Å². The van der Waals surface area contributed by atoms with Gasteiger partial charge in [-0.25, -0.2) is 0 Å². The summed E-state index contributed by atoms with van der Waals surface area (Å²) >= 11 is 0. The van der Waals surface area contributed by atoms with Crippen molar-refractivity contribution in [2.24, 2.45) is 11.1 Å². The molecule has 0 amide bonds. The average molecular weight is 183 g/mol. The van der Waals surface area contributed by atoms with Gasteiger partial charge in [-0.15, -0.1) is 0 Å². The Labute approximate surface area is 81.1 Å². The second-order valence-corrected chi connectivity index (χ2v) is 4.29. The van der Waals surface area contributed by atoms with E-state index < -0.39 is 0 Å². The summed E-state index contributed by atoms with van der Waals surface area (Å²) in [5.74, 6) is 0.794. The molecule has 13 heavy (non-hydrogen) atoms. The zero-order valence-corrected chi connectivity index (χ0v) is 8.67. The van der Waals surface area contributed by atoms with Crippen LogP contribution in [0.2, 0.25) is 0 Å². The normalized spacial score (nSPS) is 21.3. The first-order chi connectivity index (χ1) is 6.36. The maximum absolute atomic E-state index is 10.5. The van der Waals surface area contributed by atoms with Gasteiger partial charge in [-0.05, 0) is 18.8 Å². The Balaban J connectivity index is 2.22. The van der Waals surface area contributed by atoms with E-state index in [9.17, 15) is 4.91 Å². The summed E-state index contributed by atoms with van der Waals surface area (Å²) in [5, 5.41) is 3.22. The average Bonchev–Trinajstić information content (AvgIpc) is 2.19. The quantitative estimate of drug-likeness (QED) is 0.594. The van der Waals surface area contributed by atoms with Gasteiger partial charge in [-0.3, -0.25) is 0 Å². The van der Waals surface area contributed by atoms with Crippen LogP contribution in [0.4, 0.5) is 0 Å². The van der Waals surface area contributed by atoms with Gasteiger partial charge in [0.25, 0.3) is 0 Å². The fourth-order valence-corrected chi connectivity index (χ4v) is 2.35. The molecule has 1 aliphatic carbocycles. The molecule has 0 heterocycles. The first-order valence-electron chi connectivity index (χ1n) is 5.69. The van der Waals surface area contributed by atoms with Crippen LogP contribution in [0.1, 0.15) is 58.3 Å². The third kappa shape index (κ3) is 3.88. The molecule has 0 bridgehead atoms. The Morgan fingerprint density at radius 2 is 2.00 bits per heavy atom. The molecular formula is C11H21NO. The summed E-state index contributed by atoms with van der Waals surface area (Å²) in [4.78, 5) is 10.5. The van der Waals surface area contributed by atoms with E-state index in [0.29, 0.717) is 0 Å². The molecule has 76 valence electrons. The molecule has 1 saturated carbocycles. The predicted molar refractivity (Wildman–Crippen MR) is 55.7 cm³/mol. The number of rotatable bonds is 5. The molecule has 0 aromatic heterocycles. The van der Waals surface area contributed by atoms with E-state index >= 15 is 0 Å². The predicted octanol–water partition coefficient (Wildman–Crippen LogP) is 3.89. The van der Waals surface area contributed by atoms with Gasteiger partial charge >= 0.3 is 0 Å². The molecule has 1 atom stereocenters. The number of hydrogen-bond acceptors (Lipinski definition) is 2. The highest BCUT2D eigenvalue weighted by atomic mass is 16.3. The van der Waals surface area contributed by atoms with Crippen LogP contribution in [0.15, 0.2) is 5.18 Å². The van der Waals surface area contributed by atoms with Crippen molar-refractivity contribution in [2.75, 3.05) is 0 Å². The molecular weight excluding hydrogens is 162 g/mol. The van der Waals surface area contributed by atoms with Crippen molar-refractivity contribution in [1.29, 1.82) is 0 Å². The van der Waals surface area contributed by atoms with Crippen LogP contribution in [0.25, 0.3) is 0 Å². The maximum atomic E-state index is 10.5. The number of nitrogens with zero attached hydrogens (tertiary/aromatic N) is 1. The summed E-state index contributed by atoms with van der Waals surface area (Å²) in [5.41, 5.74) is 0. The Hall–Kier alpha value is -0.400. The molecule has 0 aromatic carbocycles. The monoisotopic (exact) mass is 183 g/mol. The van der Waals surface area contributed by atoms with Crippen molar-refractivity contribution in [2.45, 2.75) is 64.3 Å². The summed E-state index contributed by atoms with van der Waals surface area (Å²) in [7, 11) is 0. The standard InChI is InChI=1S/C11H21NO/c1-2-6-11(12-13)9-10-7-4-3-5-8-10/h10-11H,2-9H2,1H3. The smallest absolute Gasteiger partial charge is 0.0922 e. The molecule has 0 N–H and O–H groups in total. The molecule has 1 unspecified atom stereocenters. The lowest BCUT2D eigenvalue weighted by Gasteiger charge is -2.23. The van der Waals surface area contributed by atoms with Gasteiger partial charge in [0, 0.05) is 0 Å². The topological polar surface area (TPSA) is 29.4 Å². The lowest BCUT2D eigenvalue weighted by Crippen LogP contribution is -2.14. The van der Waals surface area contributed by atoms with Crippen LogP contribution in [0.3, 0.4) is 0 Å². The van der Waals surface area contributed by atoms with Crippen LogP contribution in [-0.2, 0) is 0 Å². The second kappa shape index (κ2) is 6.11. The van der Waals surface area contributed by atoms with Crippen LogP contribution in [0, 0.1) is 10.8 Å². The van der Waals surface area contributed by atoms with E-state index in [1.54, 1.807) is 0 Å². The van der Waals surface area contributed by atoms with Gasteiger partial charge in [0.2, 0.25) is 0 Å². The molecule has 0 radical (unpaired) electrons. The Kier molecular flexibility index (Phi) is 5.02. The maximum Gasteiger partial charge on any atom is 0.0922 e. The first kappa shape index (κ1) is 10.7. The lowest BCUT2D eigenvalue weighted by molar-refractivity contribution is 0.312. The SMILES string of the molecule is CCCC(CC1CCCCC1)N=O. The summed E-state index contributed by atoms with van der Waals surface area (Å²) < 4.78 is 0. The molecule has 1 aliphatic rings. The Bertz CT molecular complexity index is 141. The largest absolute Gasteiger partial charge is 0.151 e. The van der Waals surface area contributed by atoms with E-state index in [1.807, 2.05) is 0 Å². The fraction of sp³-hybridized carbons (Fsp3) is 1.00. The highest BCUT2D eigenvalue weighted by Crippen LogP contribution is 2.28. The molecule has 0 aliphatic heterocycles. The van der Waals surface area contributed by atoms with E-state index in [0.717, 1.165) is 25.2 Å². The van der Waals surface area contributed by atoms with Gasteiger partial charge in [0.1, 0.15) is 0 Å². The fourth-order valence-electron chi connectivity index (χ4n) is 2.35. The molecule has 0 spiro atoms. The van der Waals surface area contributed by atoms with Gasteiger partial charge in [-0.1, -0.05) is 50.6 Å². The third-order valence-electron chi connectivity index (χ3n) is 3.10. The molecule has 1 fully saturated rings. The van der Waals surface area contributed by atoms with Crippen molar-refractivity contribution >= 4 is 0 Å². The summed E-state index contributed by atoms with van der Waals surface area (Å²) in [6.07, 6.45) is 9.90. The van der Waals surface area contributed by atoms with Gasteiger partial charge in [0.05, 0.1) is 6.04 Å². The van der Waals surface area contributed by atoms with Crippen LogP contribution >= 0.6 is 0 Å². The van der Waals surface area contributed by atoms with Crippen molar-refractivity contribution < 1.29 is 0 Å². The zero-order valence-electron chi connectivity index (χ0n) is 8.67. The summed E-state index contributed by atoms with van der Waals surface area (Å²) in [6.45, 7) is 2.12. The molecule has 2 nitrogen and oxygen atoms in total. The number of hydrogen-bond donors (Lipinski definition) is 0.